The van der Waals surface area contributed by atoms with Gasteiger partial charge in [-0.25, -0.2) is 0 Å². The molecule has 0 aliphatic rings. The first-order chi connectivity index (χ1) is 10.5. The average molecular weight is 315 g/mol. The summed E-state index contributed by atoms with van der Waals surface area (Å²) in [4.78, 5) is 0. The summed E-state index contributed by atoms with van der Waals surface area (Å²) in [5.41, 5.74) is 1.26. The number of hydrogen-bond acceptors (Lipinski definition) is 2. The molecular formula is C19H26O2Si. The number of rotatable bonds is 7. The van der Waals surface area contributed by atoms with Crippen molar-refractivity contribution in [3.8, 4) is 0 Å². The zero-order valence-corrected chi connectivity index (χ0v) is 15.0. The largest absolute Gasteiger partial charge is 0.388 e. The van der Waals surface area contributed by atoms with Crippen LogP contribution in [0.2, 0.25) is 0 Å². The fraction of sp³-hybridized carbons (Fsp3) is 0.368. The molecule has 118 valence electrons. The molecule has 0 heterocycles. The van der Waals surface area contributed by atoms with E-state index in [2.05, 4.69) is 76.2 Å². The standard InChI is InChI=1S/C19H26O2Si/c1-16(2)20-22(21-17(3)4,19-13-9-6-10-14-19)15-18-11-7-5-8-12-18/h5-14,16-17H,15H2,1-4H3. The lowest BCUT2D eigenvalue weighted by Gasteiger charge is -2.34. The van der Waals surface area contributed by atoms with E-state index in [0.717, 1.165) is 6.04 Å². The minimum atomic E-state index is -2.54. The quantitative estimate of drug-likeness (QED) is 0.720. The highest BCUT2D eigenvalue weighted by Gasteiger charge is 2.42. The molecule has 0 aliphatic carbocycles. The predicted octanol–water partition coefficient (Wildman–Crippen LogP) is 3.97. The van der Waals surface area contributed by atoms with Crippen molar-refractivity contribution in [1.29, 1.82) is 0 Å². The van der Waals surface area contributed by atoms with Gasteiger partial charge in [-0.2, -0.15) is 0 Å². The van der Waals surface area contributed by atoms with Crippen LogP contribution >= 0.6 is 0 Å². The van der Waals surface area contributed by atoms with E-state index in [1.165, 1.54) is 10.8 Å². The van der Waals surface area contributed by atoms with Crippen molar-refractivity contribution < 1.29 is 8.85 Å². The molecule has 0 aliphatic heterocycles. The maximum Gasteiger partial charge on any atom is 0.377 e. The van der Waals surface area contributed by atoms with E-state index >= 15 is 0 Å². The first kappa shape index (κ1) is 16.9. The Morgan fingerprint density at radius 2 is 1.18 bits per heavy atom. The second kappa shape index (κ2) is 7.72. The normalized spacial score (nSPS) is 12.1. The molecule has 2 aromatic rings. The predicted molar refractivity (Wildman–Crippen MR) is 94.4 cm³/mol. The zero-order valence-electron chi connectivity index (χ0n) is 14.0. The summed E-state index contributed by atoms with van der Waals surface area (Å²) in [5.74, 6) is 0. The van der Waals surface area contributed by atoms with E-state index in [1.54, 1.807) is 0 Å². The van der Waals surface area contributed by atoms with Gasteiger partial charge in [-0.15, -0.1) is 0 Å². The van der Waals surface area contributed by atoms with Crippen LogP contribution in [0.4, 0.5) is 0 Å². The van der Waals surface area contributed by atoms with Crippen molar-refractivity contribution in [2.75, 3.05) is 0 Å². The molecule has 0 N–H and O–H groups in total. The molecule has 0 spiro atoms. The van der Waals surface area contributed by atoms with Gasteiger partial charge in [0.1, 0.15) is 0 Å². The third kappa shape index (κ3) is 4.53. The third-order valence-corrected chi connectivity index (χ3v) is 7.14. The third-order valence-electron chi connectivity index (χ3n) is 3.35. The summed E-state index contributed by atoms with van der Waals surface area (Å²) in [5, 5.41) is 1.20. The van der Waals surface area contributed by atoms with Crippen molar-refractivity contribution in [3.63, 3.8) is 0 Å². The molecule has 0 radical (unpaired) electrons. The second-order valence-corrected chi connectivity index (χ2v) is 9.02. The Morgan fingerprint density at radius 3 is 1.64 bits per heavy atom. The molecule has 0 fully saturated rings. The highest BCUT2D eigenvalue weighted by Crippen LogP contribution is 2.19. The van der Waals surface area contributed by atoms with Crippen molar-refractivity contribution >= 4 is 13.7 Å². The van der Waals surface area contributed by atoms with Gasteiger partial charge in [0.2, 0.25) is 0 Å². The summed E-state index contributed by atoms with van der Waals surface area (Å²) in [6.07, 6.45) is 0.267. The van der Waals surface area contributed by atoms with Gasteiger partial charge in [0.05, 0.1) is 0 Å². The molecule has 3 heteroatoms. The van der Waals surface area contributed by atoms with E-state index in [0.29, 0.717) is 0 Å². The molecule has 0 saturated heterocycles. The van der Waals surface area contributed by atoms with Crippen LogP contribution in [0, 0.1) is 0 Å². The van der Waals surface area contributed by atoms with Crippen LogP contribution in [0.5, 0.6) is 0 Å². The molecule has 0 amide bonds. The summed E-state index contributed by atoms with van der Waals surface area (Å²) in [6.45, 7) is 8.33. The topological polar surface area (TPSA) is 18.5 Å². The summed E-state index contributed by atoms with van der Waals surface area (Å²) in [7, 11) is -2.54. The van der Waals surface area contributed by atoms with Gasteiger partial charge in [-0.3, -0.25) is 0 Å². The first-order valence-corrected chi connectivity index (χ1v) is 9.99. The summed E-state index contributed by atoms with van der Waals surface area (Å²) in [6, 6.07) is 21.8. The summed E-state index contributed by atoms with van der Waals surface area (Å²) < 4.78 is 12.9. The van der Waals surface area contributed by atoms with Crippen molar-refractivity contribution in [1.82, 2.24) is 0 Å². The molecule has 2 nitrogen and oxygen atoms in total. The van der Waals surface area contributed by atoms with Crippen molar-refractivity contribution in [2.45, 2.75) is 45.9 Å². The monoisotopic (exact) mass is 314 g/mol. The van der Waals surface area contributed by atoms with Gasteiger partial charge in [0.25, 0.3) is 0 Å². The molecule has 0 saturated carbocycles. The zero-order chi connectivity index (χ0) is 16.0. The molecule has 0 atom stereocenters. The first-order valence-electron chi connectivity index (χ1n) is 7.97. The molecule has 0 bridgehead atoms. The van der Waals surface area contributed by atoms with E-state index < -0.39 is 8.56 Å². The van der Waals surface area contributed by atoms with Crippen LogP contribution < -0.4 is 5.19 Å². The highest BCUT2D eigenvalue weighted by molar-refractivity contribution is 6.80. The average Bonchev–Trinajstić information content (AvgIpc) is 2.47. The Morgan fingerprint density at radius 1 is 0.727 bits per heavy atom. The van der Waals surface area contributed by atoms with Crippen molar-refractivity contribution in [3.05, 3.63) is 66.2 Å². The van der Waals surface area contributed by atoms with Crippen LogP contribution in [-0.2, 0) is 14.9 Å². The lowest BCUT2D eigenvalue weighted by molar-refractivity contribution is 0.114. The Balaban J connectivity index is 2.44. The minimum Gasteiger partial charge on any atom is -0.388 e. The lowest BCUT2D eigenvalue weighted by Crippen LogP contribution is -2.58. The summed E-state index contributed by atoms with van der Waals surface area (Å²) >= 11 is 0. The fourth-order valence-corrected chi connectivity index (χ4v) is 6.36. The Labute approximate surface area is 135 Å². The molecule has 2 rings (SSSR count). The van der Waals surface area contributed by atoms with E-state index in [1.807, 2.05) is 12.1 Å². The molecule has 2 aromatic carbocycles. The SMILES string of the molecule is CC(C)O[Si](Cc1ccccc1)(OC(C)C)c1ccccc1. The molecule has 0 unspecified atom stereocenters. The number of benzene rings is 2. The molecular weight excluding hydrogens is 288 g/mol. The van der Waals surface area contributed by atoms with Crippen LogP contribution in [0.15, 0.2) is 60.7 Å². The van der Waals surface area contributed by atoms with Gasteiger partial charge in [0.15, 0.2) is 0 Å². The van der Waals surface area contributed by atoms with E-state index in [-0.39, 0.29) is 12.2 Å². The highest BCUT2D eigenvalue weighted by atomic mass is 28.4. The fourth-order valence-electron chi connectivity index (χ4n) is 2.67. The van der Waals surface area contributed by atoms with Gasteiger partial charge >= 0.3 is 8.56 Å². The van der Waals surface area contributed by atoms with Crippen LogP contribution in [0.25, 0.3) is 0 Å². The smallest absolute Gasteiger partial charge is 0.377 e. The van der Waals surface area contributed by atoms with Crippen LogP contribution in [0.3, 0.4) is 0 Å². The Kier molecular flexibility index (Phi) is 5.95. The van der Waals surface area contributed by atoms with Crippen LogP contribution in [-0.4, -0.2) is 20.8 Å². The molecule has 22 heavy (non-hydrogen) atoms. The van der Waals surface area contributed by atoms with Gasteiger partial charge in [-0.1, -0.05) is 60.7 Å². The van der Waals surface area contributed by atoms with Gasteiger partial charge < -0.3 is 8.85 Å². The maximum atomic E-state index is 6.46. The van der Waals surface area contributed by atoms with Gasteiger partial charge in [-0.05, 0) is 38.4 Å². The van der Waals surface area contributed by atoms with E-state index in [4.69, 9.17) is 8.85 Å². The second-order valence-electron chi connectivity index (χ2n) is 6.11. The van der Waals surface area contributed by atoms with Crippen molar-refractivity contribution in [2.24, 2.45) is 0 Å². The Hall–Kier alpha value is -1.42. The van der Waals surface area contributed by atoms with Gasteiger partial charge in [0, 0.05) is 18.3 Å². The van der Waals surface area contributed by atoms with Crippen LogP contribution in [0.1, 0.15) is 33.3 Å². The number of hydrogen-bond donors (Lipinski definition) is 0. The maximum absolute atomic E-state index is 6.46. The van der Waals surface area contributed by atoms with E-state index in [9.17, 15) is 0 Å². The lowest BCUT2D eigenvalue weighted by atomic mass is 10.2. The molecule has 0 aromatic heterocycles. The minimum absolute atomic E-state index is 0.134. The Bertz CT molecular complexity index is 542.